The molecule has 1 saturated heterocycles. The van der Waals surface area contributed by atoms with Crippen LogP contribution in [0.4, 0.5) is 5.82 Å². The number of aromatic nitrogens is 2. The quantitative estimate of drug-likeness (QED) is 0.631. The summed E-state index contributed by atoms with van der Waals surface area (Å²) in [6.45, 7) is 1.95. The second-order valence-electron chi connectivity index (χ2n) is 6.83. The molecule has 2 heterocycles. The van der Waals surface area contributed by atoms with Crippen molar-refractivity contribution in [3.05, 3.63) is 48.0 Å². The third kappa shape index (κ3) is 3.45. The number of hydrogen-bond acceptors (Lipinski definition) is 7. The number of rotatable bonds is 3. The predicted octanol–water partition coefficient (Wildman–Crippen LogP) is 1.88. The molecule has 4 rings (SSSR count). The lowest BCUT2D eigenvalue weighted by Gasteiger charge is -2.18. The minimum atomic E-state index is -3.29. The Balaban J connectivity index is 1.85. The maximum Gasteiger partial charge on any atom is 0.165 e. The van der Waals surface area contributed by atoms with E-state index in [1.807, 2.05) is 25.1 Å². The first-order chi connectivity index (χ1) is 12.8. The standard InChI is InChI=1S/C19H19N3O4S/c1-11-6-7-12-14(8-11)20-19(13-4-2-3-5-16(13)23)22-18(12)21-15-9-27(25,26)10-17(15)24/h2-8,15,17,23-24H,9-10H2,1H3,(H,20,21,22)/t15-,17-/m1/s1. The van der Waals surface area contributed by atoms with E-state index in [2.05, 4.69) is 15.3 Å². The van der Waals surface area contributed by atoms with Crippen LogP contribution in [0.2, 0.25) is 0 Å². The molecule has 0 bridgehead atoms. The number of hydrogen-bond donors (Lipinski definition) is 3. The van der Waals surface area contributed by atoms with Crippen LogP contribution >= 0.6 is 0 Å². The number of sulfone groups is 1. The van der Waals surface area contributed by atoms with E-state index in [9.17, 15) is 18.6 Å². The fourth-order valence-corrected chi connectivity index (χ4v) is 5.02. The Labute approximate surface area is 156 Å². The van der Waals surface area contributed by atoms with Gasteiger partial charge in [-0.1, -0.05) is 18.2 Å². The average Bonchev–Trinajstić information content (AvgIpc) is 2.86. The summed E-state index contributed by atoms with van der Waals surface area (Å²) in [4.78, 5) is 9.08. The highest BCUT2D eigenvalue weighted by Crippen LogP contribution is 2.31. The van der Waals surface area contributed by atoms with Gasteiger partial charge < -0.3 is 15.5 Å². The molecule has 3 N–H and O–H groups in total. The Morgan fingerprint density at radius 3 is 2.59 bits per heavy atom. The first-order valence-corrected chi connectivity index (χ1v) is 10.4. The second kappa shape index (κ2) is 6.47. The topological polar surface area (TPSA) is 112 Å². The van der Waals surface area contributed by atoms with Gasteiger partial charge in [-0.25, -0.2) is 18.4 Å². The van der Waals surface area contributed by atoms with Crippen LogP contribution in [0.25, 0.3) is 22.3 Å². The number of aryl methyl sites for hydroxylation is 1. The zero-order chi connectivity index (χ0) is 19.2. The summed E-state index contributed by atoms with van der Waals surface area (Å²) in [5.41, 5.74) is 2.16. The Hall–Kier alpha value is -2.71. The Morgan fingerprint density at radius 1 is 1.11 bits per heavy atom. The summed E-state index contributed by atoms with van der Waals surface area (Å²) in [6, 6.07) is 11.8. The molecule has 140 valence electrons. The lowest BCUT2D eigenvalue weighted by molar-refractivity contribution is 0.190. The van der Waals surface area contributed by atoms with Crippen molar-refractivity contribution in [3.63, 3.8) is 0 Å². The molecule has 0 spiro atoms. The van der Waals surface area contributed by atoms with Crippen LogP contribution in [0.1, 0.15) is 5.56 Å². The van der Waals surface area contributed by atoms with E-state index in [-0.39, 0.29) is 17.3 Å². The van der Waals surface area contributed by atoms with Crippen LogP contribution in [0.5, 0.6) is 5.75 Å². The SMILES string of the molecule is Cc1ccc2c(N[C@@H]3CS(=O)(=O)C[C@H]3O)nc(-c3ccccc3O)nc2c1. The van der Waals surface area contributed by atoms with Crippen LogP contribution in [0.15, 0.2) is 42.5 Å². The number of aromatic hydroxyl groups is 1. The molecule has 0 saturated carbocycles. The number of para-hydroxylation sites is 1. The van der Waals surface area contributed by atoms with Gasteiger partial charge in [0.2, 0.25) is 0 Å². The lowest BCUT2D eigenvalue weighted by atomic mass is 10.1. The molecule has 1 aliphatic rings. The first-order valence-electron chi connectivity index (χ1n) is 8.54. The van der Waals surface area contributed by atoms with Crippen molar-refractivity contribution in [3.8, 4) is 17.1 Å². The molecule has 2 atom stereocenters. The number of phenolic OH excluding ortho intramolecular Hbond substituents is 1. The van der Waals surface area contributed by atoms with E-state index in [1.165, 1.54) is 0 Å². The van der Waals surface area contributed by atoms with Crippen molar-refractivity contribution in [2.75, 3.05) is 16.8 Å². The van der Waals surface area contributed by atoms with E-state index in [0.29, 0.717) is 22.7 Å². The number of benzene rings is 2. The summed E-state index contributed by atoms with van der Waals surface area (Å²) < 4.78 is 23.6. The van der Waals surface area contributed by atoms with Gasteiger partial charge in [-0.05, 0) is 36.8 Å². The third-order valence-electron chi connectivity index (χ3n) is 4.64. The fraction of sp³-hybridized carbons (Fsp3) is 0.263. The second-order valence-corrected chi connectivity index (χ2v) is 8.98. The Morgan fingerprint density at radius 2 is 1.89 bits per heavy atom. The van der Waals surface area contributed by atoms with Gasteiger partial charge in [-0.15, -0.1) is 0 Å². The first kappa shape index (κ1) is 17.7. The van der Waals surface area contributed by atoms with Crippen LogP contribution in [-0.2, 0) is 9.84 Å². The van der Waals surface area contributed by atoms with Crippen molar-refractivity contribution in [2.24, 2.45) is 0 Å². The highest BCUT2D eigenvalue weighted by Gasteiger charge is 2.37. The minimum Gasteiger partial charge on any atom is -0.507 e. The van der Waals surface area contributed by atoms with Gasteiger partial charge in [0.25, 0.3) is 0 Å². The number of aliphatic hydroxyl groups excluding tert-OH is 1. The van der Waals surface area contributed by atoms with Gasteiger partial charge >= 0.3 is 0 Å². The van der Waals surface area contributed by atoms with Crippen molar-refractivity contribution in [2.45, 2.75) is 19.1 Å². The molecule has 3 aromatic rings. The Bertz CT molecular complexity index is 1130. The molecule has 2 aromatic carbocycles. The van der Waals surface area contributed by atoms with Gasteiger partial charge in [-0.3, -0.25) is 0 Å². The van der Waals surface area contributed by atoms with E-state index in [0.717, 1.165) is 10.9 Å². The summed E-state index contributed by atoms with van der Waals surface area (Å²) in [7, 11) is -3.29. The molecular weight excluding hydrogens is 366 g/mol. The summed E-state index contributed by atoms with van der Waals surface area (Å²) in [6.07, 6.45) is -1.00. The smallest absolute Gasteiger partial charge is 0.165 e. The third-order valence-corrected chi connectivity index (χ3v) is 6.36. The highest BCUT2D eigenvalue weighted by molar-refractivity contribution is 7.91. The average molecular weight is 385 g/mol. The largest absolute Gasteiger partial charge is 0.507 e. The van der Waals surface area contributed by atoms with Gasteiger partial charge in [-0.2, -0.15) is 0 Å². The van der Waals surface area contributed by atoms with Crippen molar-refractivity contribution in [1.29, 1.82) is 0 Å². The number of nitrogens with one attached hydrogen (secondary N) is 1. The van der Waals surface area contributed by atoms with Crippen LogP contribution < -0.4 is 5.32 Å². The van der Waals surface area contributed by atoms with E-state index in [1.54, 1.807) is 24.3 Å². The molecule has 1 aliphatic heterocycles. The monoisotopic (exact) mass is 385 g/mol. The number of aliphatic hydroxyl groups is 1. The Kier molecular flexibility index (Phi) is 4.24. The zero-order valence-electron chi connectivity index (χ0n) is 14.6. The molecule has 1 fully saturated rings. The number of anilines is 1. The van der Waals surface area contributed by atoms with E-state index >= 15 is 0 Å². The number of fused-ring (bicyclic) bond motifs is 1. The fourth-order valence-electron chi connectivity index (χ4n) is 3.28. The predicted molar refractivity (Wildman–Crippen MR) is 103 cm³/mol. The molecule has 7 nitrogen and oxygen atoms in total. The summed E-state index contributed by atoms with van der Waals surface area (Å²) in [5, 5.41) is 24.1. The van der Waals surface area contributed by atoms with E-state index in [4.69, 9.17) is 0 Å². The maximum absolute atomic E-state index is 11.8. The molecule has 0 amide bonds. The maximum atomic E-state index is 11.8. The van der Waals surface area contributed by atoms with Crippen LogP contribution in [0.3, 0.4) is 0 Å². The molecule has 1 aromatic heterocycles. The molecule has 27 heavy (non-hydrogen) atoms. The highest BCUT2D eigenvalue weighted by atomic mass is 32.2. The minimum absolute atomic E-state index is 0.0546. The van der Waals surface area contributed by atoms with Crippen molar-refractivity contribution < 1.29 is 18.6 Å². The molecular formula is C19H19N3O4S. The number of nitrogens with zero attached hydrogens (tertiary/aromatic N) is 2. The van der Waals surface area contributed by atoms with E-state index < -0.39 is 22.0 Å². The van der Waals surface area contributed by atoms with Gasteiger partial charge in [0.1, 0.15) is 11.6 Å². The van der Waals surface area contributed by atoms with Gasteiger partial charge in [0, 0.05) is 5.39 Å². The van der Waals surface area contributed by atoms with Gasteiger partial charge in [0.15, 0.2) is 15.7 Å². The van der Waals surface area contributed by atoms with Gasteiger partial charge in [0.05, 0.1) is 34.7 Å². The molecule has 0 aliphatic carbocycles. The summed E-state index contributed by atoms with van der Waals surface area (Å²) in [5.74, 6) is 0.388. The summed E-state index contributed by atoms with van der Waals surface area (Å²) >= 11 is 0. The molecule has 0 unspecified atom stereocenters. The van der Waals surface area contributed by atoms with Crippen molar-refractivity contribution >= 4 is 26.6 Å². The normalized spacial score (nSPS) is 21.4. The molecule has 8 heteroatoms. The van der Waals surface area contributed by atoms with Crippen molar-refractivity contribution in [1.82, 2.24) is 9.97 Å². The van der Waals surface area contributed by atoms with Crippen LogP contribution in [0, 0.1) is 6.92 Å². The lowest BCUT2D eigenvalue weighted by Crippen LogP contribution is -2.32. The molecule has 0 radical (unpaired) electrons. The zero-order valence-corrected chi connectivity index (χ0v) is 15.4. The number of phenols is 1. The van der Waals surface area contributed by atoms with Crippen LogP contribution in [-0.4, -0.2) is 52.3 Å².